The van der Waals surface area contributed by atoms with Gasteiger partial charge in [-0.1, -0.05) is 0 Å². The van der Waals surface area contributed by atoms with Gasteiger partial charge in [0.05, 0.1) is 5.69 Å². The highest BCUT2D eigenvalue weighted by molar-refractivity contribution is 5.99. The largest absolute Gasteiger partial charge is 0.370 e. The van der Waals surface area contributed by atoms with Crippen molar-refractivity contribution >= 4 is 34.7 Å². The molecule has 0 saturated heterocycles. The summed E-state index contributed by atoms with van der Waals surface area (Å²) < 4.78 is 26.8. The van der Waals surface area contributed by atoms with Crippen LogP contribution >= 0.6 is 0 Å². The van der Waals surface area contributed by atoms with Crippen LogP contribution in [-0.2, 0) is 0 Å². The highest BCUT2D eigenvalue weighted by atomic mass is 19.1. The number of benzene rings is 2. The minimum absolute atomic E-state index is 0.239. The quantitative estimate of drug-likeness (QED) is 0.475. The maximum Gasteiger partial charge on any atom is 0.323 e. The topological polar surface area (TPSA) is 91.0 Å². The first kappa shape index (κ1) is 20.0. The highest BCUT2D eigenvalue weighted by Gasteiger charge is 2.09. The summed E-state index contributed by atoms with van der Waals surface area (Å²) in [7, 11) is 0. The molecule has 0 spiro atoms. The molecule has 0 aliphatic heterocycles. The number of aromatic nitrogens is 2. The van der Waals surface area contributed by atoms with Gasteiger partial charge < -0.3 is 21.3 Å². The Hall–Kier alpha value is -3.75. The van der Waals surface area contributed by atoms with Crippen molar-refractivity contribution in [1.29, 1.82) is 0 Å². The minimum atomic E-state index is -0.724. The first-order valence-electron chi connectivity index (χ1n) is 8.92. The fraction of sp³-hybridized carbons (Fsp3) is 0.150. The van der Waals surface area contributed by atoms with Crippen LogP contribution in [0.15, 0.2) is 48.5 Å². The van der Waals surface area contributed by atoms with Gasteiger partial charge in [-0.05, 0) is 50.2 Å². The monoisotopic (exact) mass is 398 g/mol. The number of nitrogens with one attached hydrogen (secondary N) is 4. The van der Waals surface area contributed by atoms with E-state index >= 15 is 0 Å². The van der Waals surface area contributed by atoms with Gasteiger partial charge in [-0.3, -0.25) is 0 Å². The Balaban J connectivity index is 1.63. The van der Waals surface area contributed by atoms with Crippen LogP contribution in [0.1, 0.15) is 12.7 Å². The summed E-state index contributed by atoms with van der Waals surface area (Å²) in [5.74, 6) is 0.619. The van der Waals surface area contributed by atoms with E-state index in [4.69, 9.17) is 0 Å². The number of nitrogens with zero attached hydrogens (tertiary/aromatic N) is 2. The average Bonchev–Trinajstić information content (AvgIpc) is 2.66. The average molecular weight is 398 g/mol. The summed E-state index contributed by atoms with van der Waals surface area (Å²) in [5, 5.41) is 11.1. The second-order valence-electron chi connectivity index (χ2n) is 6.12. The van der Waals surface area contributed by atoms with Gasteiger partial charge in [-0.15, -0.1) is 0 Å². The number of carbonyl (C=O) groups excluding carboxylic acids is 1. The molecule has 2 aromatic carbocycles. The third-order valence-electron chi connectivity index (χ3n) is 3.79. The van der Waals surface area contributed by atoms with Gasteiger partial charge >= 0.3 is 6.03 Å². The molecular weight excluding hydrogens is 378 g/mol. The molecule has 0 atom stereocenters. The molecule has 3 rings (SSSR count). The molecule has 0 saturated carbocycles. The number of anilines is 5. The van der Waals surface area contributed by atoms with Gasteiger partial charge in [0.2, 0.25) is 0 Å². The summed E-state index contributed by atoms with van der Waals surface area (Å²) in [5.41, 5.74) is 1.00. The van der Waals surface area contributed by atoms with Gasteiger partial charge in [0, 0.05) is 30.1 Å². The summed E-state index contributed by atoms with van der Waals surface area (Å²) in [6.07, 6.45) is 0. The number of rotatable bonds is 6. The maximum absolute atomic E-state index is 13.6. The molecular formula is C20H20F2N6O. The molecule has 2 amide bonds. The van der Waals surface area contributed by atoms with Gasteiger partial charge in [0.1, 0.15) is 29.1 Å². The van der Waals surface area contributed by atoms with Crippen molar-refractivity contribution in [2.75, 3.05) is 27.8 Å². The predicted molar refractivity (Wildman–Crippen MR) is 110 cm³/mol. The SMILES string of the molecule is CCNc1cc(Nc2ccc(NC(=O)Nc3cc(F)ccc3F)cc2)nc(C)n1. The predicted octanol–water partition coefficient (Wildman–Crippen LogP) is 4.88. The molecule has 1 aromatic heterocycles. The molecule has 0 unspecified atom stereocenters. The van der Waals surface area contributed by atoms with E-state index in [0.29, 0.717) is 17.3 Å². The number of amides is 2. The fourth-order valence-corrected chi connectivity index (χ4v) is 2.57. The number of halogens is 2. The van der Waals surface area contributed by atoms with Crippen LogP contribution in [0.25, 0.3) is 0 Å². The number of carbonyl (C=O) groups is 1. The number of aryl methyl sites for hydroxylation is 1. The lowest BCUT2D eigenvalue weighted by Gasteiger charge is -2.11. The van der Waals surface area contributed by atoms with Gasteiger partial charge in [0.25, 0.3) is 0 Å². The van der Waals surface area contributed by atoms with E-state index in [2.05, 4.69) is 31.2 Å². The number of urea groups is 1. The maximum atomic E-state index is 13.6. The van der Waals surface area contributed by atoms with Crippen LogP contribution in [0.3, 0.4) is 0 Å². The van der Waals surface area contributed by atoms with E-state index in [0.717, 1.165) is 36.2 Å². The van der Waals surface area contributed by atoms with Crippen LogP contribution < -0.4 is 21.3 Å². The summed E-state index contributed by atoms with van der Waals surface area (Å²) >= 11 is 0. The highest BCUT2D eigenvalue weighted by Crippen LogP contribution is 2.20. The Morgan fingerprint density at radius 1 is 0.931 bits per heavy atom. The molecule has 9 heteroatoms. The van der Waals surface area contributed by atoms with Gasteiger partial charge in [0.15, 0.2) is 0 Å². The zero-order chi connectivity index (χ0) is 20.8. The van der Waals surface area contributed by atoms with Crippen molar-refractivity contribution in [3.05, 3.63) is 66.0 Å². The minimum Gasteiger partial charge on any atom is -0.370 e. The molecule has 0 fully saturated rings. The Bertz CT molecular complexity index is 1010. The lowest BCUT2D eigenvalue weighted by molar-refractivity contribution is 0.262. The zero-order valence-electron chi connectivity index (χ0n) is 15.9. The van der Waals surface area contributed by atoms with Gasteiger partial charge in [-0.25, -0.2) is 23.5 Å². The first-order valence-corrected chi connectivity index (χ1v) is 8.92. The standard InChI is InChI=1S/C20H20F2N6O/c1-3-23-18-11-19(25-12(2)24-18)26-14-5-7-15(8-6-14)27-20(29)28-17-10-13(21)4-9-16(17)22/h4-11H,3H2,1-2H3,(H2,27,28,29)(H2,23,24,25,26). The second-order valence-corrected chi connectivity index (χ2v) is 6.12. The molecule has 1 heterocycles. The number of hydrogen-bond donors (Lipinski definition) is 4. The van der Waals surface area contributed by atoms with Crippen molar-refractivity contribution in [2.45, 2.75) is 13.8 Å². The molecule has 150 valence electrons. The third kappa shape index (κ3) is 5.61. The lowest BCUT2D eigenvalue weighted by atomic mass is 10.2. The lowest BCUT2D eigenvalue weighted by Crippen LogP contribution is -2.20. The Morgan fingerprint density at radius 3 is 2.34 bits per heavy atom. The summed E-state index contributed by atoms with van der Waals surface area (Å²) in [6, 6.07) is 10.8. The molecule has 0 bridgehead atoms. The molecule has 4 N–H and O–H groups in total. The smallest absolute Gasteiger partial charge is 0.323 e. The van der Waals surface area contributed by atoms with Crippen LogP contribution in [0.5, 0.6) is 0 Å². The van der Waals surface area contributed by atoms with Crippen molar-refractivity contribution in [1.82, 2.24) is 9.97 Å². The molecule has 7 nitrogen and oxygen atoms in total. The molecule has 3 aromatic rings. The summed E-state index contributed by atoms with van der Waals surface area (Å²) in [6.45, 7) is 4.53. The van der Waals surface area contributed by atoms with E-state index in [-0.39, 0.29) is 5.69 Å². The van der Waals surface area contributed by atoms with E-state index in [1.807, 2.05) is 6.92 Å². The van der Waals surface area contributed by atoms with Crippen molar-refractivity contribution < 1.29 is 13.6 Å². The Labute approximate surface area is 166 Å². The normalized spacial score (nSPS) is 10.3. The van der Waals surface area contributed by atoms with E-state index in [9.17, 15) is 13.6 Å². The van der Waals surface area contributed by atoms with E-state index < -0.39 is 17.7 Å². The Morgan fingerprint density at radius 2 is 1.62 bits per heavy atom. The zero-order valence-corrected chi connectivity index (χ0v) is 15.9. The van der Waals surface area contributed by atoms with Crippen LogP contribution in [0, 0.1) is 18.6 Å². The van der Waals surface area contributed by atoms with Crippen molar-refractivity contribution in [3.63, 3.8) is 0 Å². The van der Waals surface area contributed by atoms with E-state index in [1.54, 1.807) is 37.3 Å². The van der Waals surface area contributed by atoms with E-state index in [1.165, 1.54) is 0 Å². The number of hydrogen-bond acceptors (Lipinski definition) is 5. The third-order valence-corrected chi connectivity index (χ3v) is 3.79. The van der Waals surface area contributed by atoms with Crippen molar-refractivity contribution in [2.24, 2.45) is 0 Å². The first-order chi connectivity index (χ1) is 13.9. The second kappa shape index (κ2) is 8.96. The van der Waals surface area contributed by atoms with Crippen LogP contribution in [-0.4, -0.2) is 22.5 Å². The Kier molecular flexibility index (Phi) is 6.18. The van der Waals surface area contributed by atoms with Crippen LogP contribution in [0.2, 0.25) is 0 Å². The molecule has 0 aliphatic rings. The van der Waals surface area contributed by atoms with Gasteiger partial charge in [-0.2, -0.15) is 0 Å². The molecule has 29 heavy (non-hydrogen) atoms. The fourth-order valence-electron chi connectivity index (χ4n) is 2.57. The molecule has 0 radical (unpaired) electrons. The molecule has 0 aliphatic carbocycles. The summed E-state index contributed by atoms with van der Waals surface area (Å²) in [4.78, 5) is 20.6. The van der Waals surface area contributed by atoms with Crippen molar-refractivity contribution in [3.8, 4) is 0 Å². The van der Waals surface area contributed by atoms with Crippen LogP contribution in [0.4, 0.5) is 42.3 Å².